The fourth-order valence-electron chi connectivity index (χ4n) is 3.13. The number of rotatable bonds is 3. The van der Waals surface area contributed by atoms with Gasteiger partial charge in [-0.1, -0.05) is 23.8 Å². The smallest absolute Gasteiger partial charge is 0.263 e. The lowest BCUT2D eigenvalue weighted by Gasteiger charge is -2.09. The highest BCUT2D eigenvalue weighted by atomic mass is 32.1. The van der Waals surface area contributed by atoms with E-state index in [1.165, 1.54) is 5.56 Å². The Hall–Kier alpha value is -2.73. The molecule has 0 bridgehead atoms. The predicted octanol–water partition coefficient (Wildman–Crippen LogP) is 3.82. The van der Waals surface area contributed by atoms with Gasteiger partial charge in [0.2, 0.25) is 0 Å². The minimum Gasteiger partial charge on any atom is -0.347 e. The number of hydrogen-bond donors (Lipinski definition) is 1. The zero-order chi connectivity index (χ0) is 17.6. The summed E-state index contributed by atoms with van der Waals surface area (Å²) in [7, 11) is 0. The van der Waals surface area contributed by atoms with Gasteiger partial charge in [0.15, 0.2) is 0 Å². The average molecular weight is 350 g/mol. The zero-order valence-electron chi connectivity index (χ0n) is 14.3. The molecule has 1 N–H and O–H groups in total. The lowest BCUT2D eigenvalue weighted by atomic mass is 9.97. The van der Waals surface area contributed by atoms with Crippen molar-refractivity contribution in [1.82, 2.24) is 19.5 Å². The van der Waals surface area contributed by atoms with Crippen LogP contribution in [0.25, 0.3) is 21.3 Å². The number of nitrogens with zero attached hydrogens (tertiary/aromatic N) is 3. The molecule has 4 rings (SSSR count). The van der Waals surface area contributed by atoms with Crippen LogP contribution in [0.15, 0.2) is 41.7 Å². The number of aryl methyl sites for hydroxylation is 3. The number of imidazole rings is 1. The molecule has 3 aromatic heterocycles. The van der Waals surface area contributed by atoms with Gasteiger partial charge in [-0.25, -0.2) is 9.97 Å². The van der Waals surface area contributed by atoms with Crippen LogP contribution in [0.5, 0.6) is 0 Å². The van der Waals surface area contributed by atoms with Crippen molar-refractivity contribution in [3.8, 4) is 11.1 Å². The Balaban J connectivity index is 1.97. The molecule has 0 saturated heterocycles. The molecule has 0 spiro atoms. The molecule has 1 aromatic carbocycles. The van der Waals surface area contributed by atoms with Crippen molar-refractivity contribution in [1.29, 1.82) is 0 Å². The molecule has 0 atom stereocenters. The van der Waals surface area contributed by atoms with Gasteiger partial charge in [0.05, 0.1) is 18.3 Å². The Kier molecular flexibility index (Phi) is 3.77. The second-order valence-corrected chi connectivity index (χ2v) is 7.45. The van der Waals surface area contributed by atoms with E-state index in [0.29, 0.717) is 11.9 Å². The predicted molar refractivity (Wildman–Crippen MR) is 101 cm³/mol. The van der Waals surface area contributed by atoms with Crippen molar-refractivity contribution in [2.75, 3.05) is 0 Å². The van der Waals surface area contributed by atoms with Crippen LogP contribution in [-0.2, 0) is 6.54 Å². The summed E-state index contributed by atoms with van der Waals surface area (Å²) in [5.41, 5.74) is 4.43. The second kappa shape index (κ2) is 5.97. The summed E-state index contributed by atoms with van der Waals surface area (Å²) in [4.78, 5) is 26.8. The molecule has 126 valence electrons. The van der Waals surface area contributed by atoms with E-state index in [1.807, 2.05) is 0 Å². The first kappa shape index (κ1) is 15.8. The lowest BCUT2D eigenvalue weighted by molar-refractivity contribution is 0.716. The molecule has 4 aromatic rings. The molecule has 0 unspecified atom stereocenters. The maximum atomic E-state index is 13.1. The molecule has 0 saturated carbocycles. The molecule has 0 fully saturated rings. The van der Waals surface area contributed by atoms with Crippen molar-refractivity contribution in [2.45, 2.75) is 27.3 Å². The molecule has 0 aliphatic rings. The molecule has 0 radical (unpaired) electrons. The Morgan fingerprint density at radius 1 is 1.20 bits per heavy atom. The highest BCUT2D eigenvalue weighted by molar-refractivity contribution is 7.19. The van der Waals surface area contributed by atoms with Crippen molar-refractivity contribution in [3.05, 3.63) is 69.1 Å². The summed E-state index contributed by atoms with van der Waals surface area (Å²) >= 11 is 1.57. The quantitative estimate of drug-likeness (QED) is 0.611. The number of fused-ring (bicyclic) bond motifs is 1. The molecular formula is C19H18N4OS. The van der Waals surface area contributed by atoms with Crippen LogP contribution in [0.2, 0.25) is 0 Å². The zero-order valence-corrected chi connectivity index (χ0v) is 15.1. The van der Waals surface area contributed by atoms with Crippen LogP contribution in [0.3, 0.4) is 0 Å². The first-order chi connectivity index (χ1) is 12.0. The topological polar surface area (TPSA) is 63.6 Å². The van der Waals surface area contributed by atoms with E-state index in [9.17, 15) is 4.79 Å². The fraction of sp³-hybridized carbons (Fsp3) is 0.211. The van der Waals surface area contributed by atoms with E-state index in [-0.39, 0.29) is 5.56 Å². The fourth-order valence-corrected chi connectivity index (χ4v) is 4.12. The van der Waals surface area contributed by atoms with Crippen LogP contribution in [0.4, 0.5) is 0 Å². The molecule has 0 aliphatic carbocycles. The Bertz CT molecular complexity index is 1120. The van der Waals surface area contributed by atoms with Gasteiger partial charge in [-0.3, -0.25) is 9.36 Å². The average Bonchev–Trinajstić information content (AvgIpc) is 3.20. The van der Waals surface area contributed by atoms with E-state index in [4.69, 9.17) is 0 Å². The summed E-state index contributed by atoms with van der Waals surface area (Å²) in [5.74, 6) is 0.739. The van der Waals surface area contributed by atoms with Gasteiger partial charge in [-0.05, 0) is 31.9 Å². The SMILES string of the molecule is Cc1ccc(C)c(-c2c(C)sc3ncn(Cc4ncc[nH]4)c(=O)c23)c1. The molecule has 5 nitrogen and oxygen atoms in total. The molecule has 25 heavy (non-hydrogen) atoms. The standard InChI is InChI=1S/C19H18N4OS/c1-11-4-5-12(2)14(8-11)16-13(3)25-18-17(16)19(24)23(10-22-18)9-15-20-6-7-21-15/h4-8,10H,9H2,1-3H3,(H,20,21). The van der Waals surface area contributed by atoms with Crippen LogP contribution >= 0.6 is 11.3 Å². The number of H-pyrrole nitrogens is 1. The normalized spacial score (nSPS) is 11.3. The number of thiophene rings is 1. The van der Waals surface area contributed by atoms with Crippen LogP contribution < -0.4 is 5.56 Å². The van der Waals surface area contributed by atoms with Gasteiger partial charge in [0, 0.05) is 22.8 Å². The molecule has 6 heteroatoms. The summed E-state index contributed by atoms with van der Waals surface area (Å²) in [6.45, 7) is 6.59. The molecular weight excluding hydrogens is 332 g/mol. The lowest BCUT2D eigenvalue weighted by Crippen LogP contribution is -2.21. The van der Waals surface area contributed by atoms with Gasteiger partial charge >= 0.3 is 0 Å². The summed E-state index contributed by atoms with van der Waals surface area (Å²) in [5, 5.41) is 0.699. The van der Waals surface area contributed by atoms with Crippen molar-refractivity contribution in [2.24, 2.45) is 0 Å². The molecule has 0 amide bonds. The first-order valence-corrected chi connectivity index (χ1v) is 8.90. The van der Waals surface area contributed by atoms with Gasteiger partial charge < -0.3 is 4.98 Å². The Morgan fingerprint density at radius 3 is 2.80 bits per heavy atom. The Morgan fingerprint density at radius 2 is 2.04 bits per heavy atom. The van der Waals surface area contributed by atoms with Crippen molar-refractivity contribution < 1.29 is 0 Å². The van der Waals surface area contributed by atoms with Crippen LogP contribution in [-0.4, -0.2) is 19.5 Å². The largest absolute Gasteiger partial charge is 0.347 e. The number of benzene rings is 1. The summed E-state index contributed by atoms with van der Waals surface area (Å²) in [6, 6.07) is 6.34. The van der Waals surface area contributed by atoms with Crippen LogP contribution in [0, 0.1) is 20.8 Å². The van der Waals surface area contributed by atoms with Crippen molar-refractivity contribution >= 4 is 21.6 Å². The maximum absolute atomic E-state index is 13.1. The van der Waals surface area contributed by atoms with E-state index >= 15 is 0 Å². The highest BCUT2D eigenvalue weighted by Gasteiger charge is 2.18. The van der Waals surface area contributed by atoms with E-state index in [1.54, 1.807) is 34.6 Å². The summed E-state index contributed by atoms with van der Waals surface area (Å²) < 4.78 is 1.61. The van der Waals surface area contributed by atoms with E-state index in [0.717, 1.165) is 32.2 Å². The van der Waals surface area contributed by atoms with Gasteiger partial charge in [0.25, 0.3) is 5.56 Å². The summed E-state index contributed by atoms with van der Waals surface area (Å²) in [6.07, 6.45) is 5.04. The van der Waals surface area contributed by atoms with Crippen molar-refractivity contribution in [3.63, 3.8) is 0 Å². The van der Waals surface area contributed by atoms with Gasteiger partial charge in [0.1, 0.15) is 10.7 Å². The number of nitrogens with one attached hydrogen (secondary N) is 1. The number of aromatic amines is 1. The third kappa shape index (κ3) is 2.68. The van der Waals surface area contributed by atoms with E-state index < -0.39 is 0 Å². The number of aromatic nitrogens is 4. The monoisotopic (exact) mass is 350 g/mol. The van der Waals surface area contributed by atoms with Gasteiger partial charge in [-0.15, -0.1) is 11.3 Å². The van der Waals surface area contributed by atoms with Crippen LogP contribution in [0.1, 0.15) is 21.8 Å². The minimum atomic E-state index is -0.0262. The first-order valence-electron chi connectivity index (χ1n) is 8.09. The minimum absolute atomic E-state index is 0.0262. The second-order valence-electron chi connectivity index (χ2n) is 6.25. The Labute approximate surface area is 149 Å². The van der Waals surface area contributed by atoms with Gasteiger partial charge in [-0.2, -0.15) is 0 Å². The highest BCUT2D eigenvalue weighted by Crippen LogP contribution is 2.37. The third-order valence-corrected chi connectivity index (χ3v) is 5.41. The maximum Gasteiger partial charge on any atom is 0.263 e. The molecule has 0 aliphatic heterocycles. The third-order valence-electron chi connectivity index (χ3n) is 4.39. The number of hydrogen-bond acceptors (Lipinski definition) is 4. The van der Waals surface area contributed by atoms with E-state index in [2.05, 4.69) is 53.9 Å². The molecule has 3 heterocycles.